The Labute approximate surface area is 270 Å². The van der Waals surface area contributed by atoms with Crippen LogP contribution in [0.15, 0.2) is 47.4 Å². The molecule has 0 saturated heterocycles. The van der Waals surface area contributed by atoms with E-state index in [0.717, 1.165) is 55.6 Å². The minimum atomic E-state index is -5.62. The average molecular weight is 625 g/mol. The molecule has 2 aromatic rings. The number of aliphatic carboxylic acids is 1. The minimum absolute atomic E-state index is 0. The number of halogens is 5. The first kappa shape index (κ1) is 36.7. The third-order valence-corrected chi connectivity index (χ3v) is 9.17. The molecule has 0 spiro atoms. The predicted molar refractivity (Wildman–Crippen MR) is 147 cm³/mol. The normalized spacial score (nSPS) is 17.7. The predicted octanol–water partition coefficient (Wildman–Crippen LogP) is 5.32. The van der Waals surface area contributed by atoms with E-state index in [1.165, 1.54) is 11.1 Å². The van der Waals surface area contributed by atoms with Crippen molar-refractivity contribution >= 4 is 17.7 Å². The molecule has 1 heterocycles. The Morgan fingerprint density at radius 2 is 1.43 bits per heavy atom. The molecule has 1 aliphatic rings. The van der Waals surface area contributed by atoms with Crippen LogP contribution in [0, 0.1) is 5.92 Å². The van der Waals surface area contributed by atoms with Gasteiger partial charge in [0.1, 0.15) is 11.5 Å². The molecule has 11 heteroatoms. The number of phenolic OH excluding ortho intramolecular Hbond substituents is 2. The summed E-state index contributed by atoms with van der Waals surface area (Å²) in [7, 11) is 0. The van der Waals surface area contributed by atoms with Gasteiger partial charge in [0.25, 0.3) is 0 Å². The number of carboxylic acid groups (broad SMARTS) is 1. The number of aromatic hydroxyl groups is 2. The molecular formula is C31H38F5NaO4S. The zero-order chi connectivity index (χ0) is 30.0. The molecule has 42 heavy (non-hydrogen) atoms. The van der Waals surface area contributed by atoms with E-state index >= 15 is 0 Å². The van der Waals surface area contributed by atoms with Crippen LogP contribution in [0.1, 0.15) is 100 Å². The summed E-state index contributed by atoms with van der Waals surface area (Å²) in [4.78, 5) is 12.4. The van der Waals surface area contributed by atoms with Crippen molar-refractivity contribution in [2.24, 2.45) is 5.92 Å². The first-order valence-corrected chi connectivity index (χ1v) is 15.3. The number of unbranched alkanes of at least 4 members (excludes halogenated alkanes) is 6. The summed E-state index contributed by atoms with van der Waals surface area (Å²) in [5.74, 6) is -5.24. The summed E-state index contributed by atoms with van der Waals surface area (Å²) in [6, 6.07) is 12.9. The van der Waals surface area contributed by atoms with Crippen molar-refractivity contribution in [1.82, 2.24) is 0 Å². The number of rotatable bonds is 16. The van der Waals surface area contributed by atoms with Gasteiger partial charge in [0.05, 0.1) is 0 Å². The molecule has 0 aliphatic carbocycles. The van der Waals surface area contributed by atoms with E-state index < -0.39 is 36.8 Å². The maximum absolute atomic E-state index is 13.1. The van der Waals surface area contributed by atoms with Crippen molar-refractivity contribution in [2.45, 2.75) is 106 Å². The monoisotopic (exact) mass is 624 g/mol. The maximum atomic E-state index is 13.1. The number of hydrogen-bond acceptors (Lipinski definition) is 5. The number of phenols is 2. The summed E-state index contributed by atoms with van der Waals surface area (Å²) >= 11 is 1.74. The Balaban J connectivity index is 0.00000616. The van der Waals surface area contributed by atoms with Gasteiger partial charge in [-0.2, -0.15) is 22.0 Å². The zero-order valence-corrected chi connectivity index (χ0v) is 26.8. The molecule has 0 radical (unpaired) electrons. The zero-order valence-electron chi connectivity index (χ0n) is 24.0. The van der Waals surface area contributed by atoms with E-state index in [-0.39, 0.29) is 53.9 Å². The Hall–Kier alpha value is -1.49. The van der Waals surface area contributed by atoms with Gasteiger partial charge in [-0.1, -0.05) is 63.1 Å². The van der Waals surface area contributed by atoms with Crippen LogP contribution in [-0.4, -0.2) is 34.0 Å². The first-order valence-electron chi connectivity index (χ1n) is 14.3. The summed E-state index contributed by atoms with van der Waals surface area (Å²) in [6.45, 7) is 0. The van der Waals surface area contributed by atoms with E-state index in [4.69, 9.17) is 0 Å². The van der Waals surface area contributed by atoms with Crippen molar-refractivity contribution in [2.75, 3.05) is 5.75 Å². The summed E-state index contributed by atoms with van der Waals surface area (Å²) in [5, 5.41) is 30.9. The molecule has 0 bridgehead atoms. The average Bonchev–Trinajstić information content (AvgIpc) is 2.90. The number of thioether (sulfide) groups is 1. The Morgan fingerprint density at radius 1 is 0.857 bits per heavy atom. The fourth-order valence-electron chi connectivity index (χ4n) is 5.60. The number of hydrogen-bond donors (Lipinski definition) is 2. The number of alkyl halides is 5. The molecule has 3 rings (SSSR count). The van der Waals surface area contributed by atoms with Crippen molar-refractivity contribution in [3.05, 3.63) is 53.6 Å². The van der Waals surface area contributed by atoms with Gasteiger partial charge in [0, 0.05) is 29.0 Å². The minimum Gasteiger partial charge on any atom is -0.550 e. The molecule has 1 aliphatic heterocycles. The van der Waals surface area contributed by atoms with E-state index in [0.29, 0.717) is 18.3 Å². The molecule has 1 unspecified atom stereocenters. The standard InChI is InChI=1S/C31H39F5O4S.Na/c32-30(33,31(34,35)36)18-8-10-22(29(39)40)9-6-4-2-1-3-5-7-11-25-26-17-16-24(38)19-28(26)41-20-27(25)21-12-14-23(37)15-13-21;/h12-17,19,22,25,27,37-38H,1-11,18,20H2,(H,39,40);/q;+1/p-1/t22?,25-,27-;/m1./s1. The fraction of sp³-hybridized carbons (Fsp3) is 0.581. The van der Waals surface area contributed by atoms with Crippen LogP contribution in [0.2, 0.25) is 0 Å². The van der Waals surface area contributed by atoms with Crippen LogP contribution in [0.25, 0.3) is 0 Å². The quantitative estimate of drug-likeness (QED) is 0.150. The van der Waals surface area contributed by atoms with Gasteiger partial charge < -0.3 is 20.1 Å². The summed E-state index contributed by atoms with van der Waals surface area (Å²) in [6.07, 6.45) is -0.327. The number of carbonyl (C=O) groups is 1. The third-order valence-electron chi connectivity index (χ3n) is 7.98. The molecule has 0 saturated carbocycles. The molecule has 4 nitrogen and oxygen atoms in total. The second-order valence-corrected chi connectivity index (χ2v) is 12.1. The smallest absolute Gasteiger partial charge is 0.550 e. The van der Waals surface area contributed by atoms with Crippen molar-refractivity contribution < 1.29 is 71.6 Å². The van der Waals surface area contributed by atoms with Gasteiger partial charge in [0.2, 0.25) is 0 Å². The maximum Gasteiger partial charge on any atom is 1.00 e. The van der Waals surface area contributed by atoms with Gasteiger partial charge in [-0.25, -0.2) is 0 Å². The van der Waals surface area contributed by atoms with Gasteiger partial charge >= 0.3 is 41.7 Å². The molecule has 3 atom stereocenters. The SMILES string of the molecule is O=C([O-])C(CCCCCCCCC[C@@H]1c2ccc(O)cc2SC[C@@H]1c1ccc(O)cc1)CCCC(F)(F)C(F)(F)F.[Na+]. The molecule has 0 aromatic heterocycles. The van der Waals surface area contributed by atoms with Gasteiger partial charge in [0.15, 0.2) is 0 Å². The molecule has 0 amide bonds. The number of fused-ring (bicyclic) bond motifs is 1. The largest absolute Gasteiger partial charge is 1.00 e. The molecule has 228 valence electrons. The Kier molecular flexibility index (Phi) is 15.0. The molecule has 2 N–H and O–H groups in total. The van der Waals surface area contributed by atoms with E-state index in [2.05, 4.69) is 0 Å². The van der Waals surface area contributed by atoms with E-state index in [1.807, 2.05) is 24.3 Å². The molecule has 0 fully saturated rings. The topological polar surface area (TPSA) is 80.6 Å². The number of carbonyl (C=O) groups excluding carboxylic acids is 1. The Bertz CT molecular complexity index is 1110. The second-order valence-electron chi connectivity index (χ2n) is 11.0. The molecular weight excluding hydrogens is 586 g/mol. The second kappa shape index (κ2) is 17.1. The summed E-state index contributed by atoms with van der Waals surface area (Å²) < 4.78 is 63.0. The van der Waals surface area contributed by atoms with E-state index in [1.54, 1.807) is 30.0 Å². The van der Waals surface area contributed by atoms with Crippen LogP contribution in [-0.2, 0) is 4.79 Å². The van der Waals surface area contributed by atoms with Crippen LogP contribution < -0.4 is 34.7 Å². The number of carboxylic acids is 1. The third kappa shape index (κ3) is 10.9. The van der Waals surface area contributed by atoms with Crippen molar-refractivity contribution in [3.63, 3.8) is 0 Å². The Morgan fingerprint density at radius 3 is 2.05 bits per heavy atom. The fourth-order valence-corrected chi connectivity index (χ4v) is 6.98. The van der Waals surface area contributed by atoms with Crippen LogP contribution in [0.5, 0.6) is 11.5 Å². The van der Waals surface area contributed by atoms with Crippen molar-refractivity contribution in [3.8, 4) is 11.5 Å². The summed E-state index contributed by atoms with van der Waals surface area (Å²) in [5.41, 5.74) is 2.42. The van der Waals surface area contributed by atoms with Crippen molar-refractivity contribution in [1.29, 1.82) is 0 Å². The van der Waals surface area contributed by atoms with Gasteiger partial charge in [-0.05, 0) is 72.9 Å². The number of benzene rings is 2. The van der Waals surface area contributed by atoms with Crippen LogP contribution in [0.3, 0.4) is 0 Å². The van der Waals surface area contributed by atoms with Crippen LogP contribution in [0.4, 0.5) is 22.0 Å². The first-order chi connectivity index (χ1) is 19.4. The van der Waals surface area contributed by atoms with Crippen LogP contribution >= 0.6 is 11.8 Å². The molecule has 2 aromatic carbocycles. The van der Waals surface area contributed by atoms with Gasteiger partial charge in [-0.15, -0.1) is 11.8 Å². The van der Waals surface area contributed by atoms with E-state index in [9.17, 15) is 42.1 Å². The van der Waals surface area contributed by atoms with Gasteiger partial charge in [-0.3, -0.25) is 0 Å².